The maximum Gasteiger partial charge on any atom is 0.266 e. The Morgan fingerprint density at radius 3 is 2.50 bits per heavy atom. The molecule has 2 aromatic rings. The molecule has 0 aromatic heterocycles. The first-order chi connectivity index (χ1) is 14.2. The van der Waals surface area contributed by atoms with Crippen molar-refractivity contribution in [3.63, 3.8) is 0 Å². The number of nitrogens with zero attached hydrogens (tertiary/aromatic N) is 1. The fraction of sp³-hybridized carbons (Fsp3) is 0.200. The number of primary sulfonamides is 1. The fourth-order valence-corrected chi connectivity index (χ4v) is 3.50. The molecule has 8 nitrogen and oxygen atoms in total. The van der Waals surface area contributed by atoms with Crippen LogP contribution in [0.5, 0.6) is 11.5 Å². The van der Waals surface area contributed by atoms with Crippen molar-refractivity contribution in [2.45, 2.75) is 18.2 Å². The van der Waals surface area contributed by atoms with E-state index in [1.165, 1.54) is 37.5 Å². The van der Waals surface area contributed by atoms with Crippen molar-refractivity contribution in [3.05, 3.63) is 52.0 Å². The first kappa shape index (κ1) is 23.4. The van der Waals surface area contributed by atoms with E-state index in [4.69, 9.17) is 14.6 Å². The molecule has 0 aliphatic heterocycles. The van der Waals surface area contributed by atoms with Gasteiger partial charge in [-0.3, -0.25) is 4.79 Å². The topological polar surface area (TPSA) is 132 Å². The molecule has 0 unspecified atom stereocenters. The van der Waals surface area contributed by atoms with Crippen LogP contribution in [0.15, 0.2) is 51.3 Å². The van der Waals surface area contributed by atoms with Crippen LogP contribution in [0.3, 0.4) is 0 Å². The van der Waals surface area contributed by atoms with Crippen LogP contribution in [0.2, 0.25) is 0 Å². The highest BCUT2D eigenvalue weighted by Crippen LogP contribution is 2.37. The molecule has 1 amide bonds. The SMILES string of the molecule is CCCOc1c(Br)cc(/C=C(\C#N)C(=O)Nc2ccc(S(N)(=O)=O)cc2)cc1OC. The number of hydrogen-bond acceptors (Lipinski definition) is 6. The van der Waals surface area contributed by atoms with E-state index in [1.54, 1.807) is 12.1 Å². The van der Waals surface area contributed by atoms with Crippen LogP contribution in [-0.2, 0) is 14.8 Å². The van der Waals surface area contributed by atoms with Gasteiger partial charge in [-0.15, -0.1) is 0 Å². The van der Waals surface area contributed by atoms with Crippen LogP contribution >= 0.6 is 15.9 Å². The van der Waals surface area contributed by atoms with Gasteiger partial charge < -0.3 is 14.8 Å². The standard InChI is InChI=1S/C20H20BrN3O5S/c1-3-8-29-19-17(21)10-13(11-18(19)28-2)9-14(12-22)20(25)24-15-4-6-16(7-5-15)30(23,26)27/h4-7,9-11H,3,8H2,1-2H3,(H,24,25)(H2,23,26,27)/b14-9+. The molecule has 0 aliphatic rings. The van der Waals surface area contributed by atoms with Gasteiger partial charge in [-0.2, -0.15) is 5.26 Å². The van der Waals surface area contributed by atoms with Gasteiger partial charge >= 0.3 is 0 Å². The van der Waals surface area contributed by atoms with Gasteiger partial charge in [-0.25, -0.2) is 13.6 Å². The lowest BCUT2D eigenvalue weighted by Crippen LogP contribution is -2.14. The van der Waals surface area contributed by atoms with E-state index in [2.05, 4.69) is 21.2 Å². The number of nitrogens with two attached hydrogens (primary N) is 1. The van der Waals surface area contributed by atoms with E-state index >= 15 is 0 Å². The molecule has 0 saturated carbocycles. The minimum Gasteiger partial charge on any atom is -0.493 e. The summed E-state index contributed by atoms with van der Waals surface area (Å²) in [6.45, 7) is 2.50. The Morgan fingerprint density at radius 2 is 1.97 bits per heavy atom. The molecule has 0 heterocycles. The molecule has 0 bridgehead atoms. The summed E-state index contributed by atoms with van der Waals surface area (Å²) in [5, 5.41) is 17.0. The van der Waals surface area contributed by atoms with Crippen molar-refractivity contribution in [1.29, 1.82) is 5.26 Å². The average molecular weight is 494 g/mol. The van der Waals surface area contributed by atoms with Crippen molar-refractivity contribution in [2.75, 3.05) is 19.0 Å². The summed E-state index contributed by atoms with van der Waals surface area (Å²) in [6.07, 6.45) is 2.24. The quantitative estimate of drug-likeness (QED) is 0.427. The minimum absolute atomic E-state index is 0.0844. The maximum atomic E-state index is 12.5. The number of carbonyl (C=O) groups is 1. The molecule has 158 valence electrons. The summed E-state index contributed by atoms with van der Waals surface area (Å²) in [4.78, 5) is 12.4. The third kappa shape index (κ3) is 6.06. The number of benzene rings is 2. The largest absolute Gasteiger partial charge is 0.493 e. The van der Waals surface area contributed by atoms with Crippen molar-refractivity contribution in [2.24, 2.45) is 5.14 Å². The summed E-state index contributed by atoms with van der Waals surface area (Å²) in [6, 6.07) is 10.5. The molecule has 0 radical (unpaired) electrons. The second kappa shape index (κ2) is 10.2. The Balaban J connectivity index is 2.27. The second-order valence-electron chi connectivity index (χ2n) is 6.08. The number of carbonyl (C=O) groups excluding carboxylic acids is 1. The molecule has 3 N–H and O–H groups in total. The monoisotopic (exact) mass is 493 g/mol. The third-order valence-electron chi connectivity index (χ3n) is 3.82. The molecular formula is C20H20BrN3O5S. The van der Waals surface area contributed by atoms with E-state index in [1.807, 2.05) is 13.0 Å². The summed E-state index contributed by atoms with van der Waals surface area (Å²) in [5.41, 5.74) is 0.719. The lowest BCUT2D eigenvalue weighted by atomic mass is 10.1. The molecule has 2 aromatic carbocycles. The van der Waals surface area contributed by atoms with Crippen LogP contribution < -0.4 is 19.9 Å². The van der Waals surface area contributed by atoms with Gasteiger partial charge in [-0.05, 0) is 70.4 Å². The van der Waals surface area contributed by atoms with E-state index in [9.17, 15) is 18.5 Å². The average Bonchev–Trinajstić information content (AvgIpc) is 2.70. The van der Waals surface area contributed by atoms with Gasteiger partial charge in [0.05, 0.1) is 23.1 Å². The number of nitriles is 1. The predicted octanol–water partition coefficient (Wildman–Crippen LogP) is 3.44. The Bertz CT molecular complexity index is 1110. The maximum absolute atomic E-state index is 12.5. The Kier molecular flexibility index (Phi) is 8.00. The molecule has 0 aliphatic carbocycles. The van der Waals surface area contributed by atoms with Gasteiger partial charge in [0, 0.05) is 5.69 Å². The van der Waals surface area contributed by atoms with Gasteiger partial charge in [0.25, 0.3) is 5.91 Å². The van der Waals surface area contributed by atoms with E-state index < -0.39 is 15.9 Å². The van der Waals surface area contributed by atoms with Crippen LogP contribution in [0.4, 0.5) is 5.69 Å². The molecule has 2 rings (SSSR count). The highest BCUT2D eigenvalue weighted by Gasteiger charge is 2.14. The van der Waals surface area contributed by atoms with E-state index in [0.717, 1.165) is 6.42 Å². The van der Waals surface area contributed by atoms with Crippen LogP contribution in [-0.4, -0.2) is 28.0 Å². The lowest BCUT2D eigenvalue weighted by molar-refractivity contribution is -0.112. The van der Waals surface area contributed by atoms with Crippen molar-refractivity contribution in [1.82, 2.24) is 0 Å². The first-order valence-electron chi connectivity index (χ1n) is 8.76. The van der Waals surface area contributed by atoms with Crippen molar-refractivity contribution < 1.29 is 22.7 Å². The Morgan fingerprint density at radius 1 is 1.30 bits per heavy atom. The number of amides is 1. The highest BCUT2D eigenvalue weighted by molar-refractivity contribution is 9.10. The number of methoxy groups -OCH3 is 1. The lowest BCUT2D eigenvalue weighted by Gasteiger charge is -2.13. The molecule has 0 atom stereocenters. The predicted molar refractivity (Wildman–Crippen MR) is 117 cm³/mol. The van der Waals surface area contributed by atoms with Crippen LogP contribution in [0.25, 0.3) is 6.08 Å². The highest BCUT2D eigenvalue weighted by atomic mass is 79.9. The van der Waals surface area contributed by atoms with E-state index in [0.29, 0.717) is 33.8 Å². The summed E-state index contributed by atoms with van der Waals surface area (Å²) in [7, 11) is -2.34. The number of nitrogens with one attached hydrogen (secondary N) is 1. The van der Waals surface area contributed by atoms with Gasteiger partial charge in [0.2, 0.25) is 10.0 Å². The van der Waals surface area contributed by atoms with E-state index in [-0.39, 0.29) is 10.5 Å². The number of sulfonamides is 1. The minimum atomic E-state index is -3.83. The smallest absolute Gasteiger partial charge is 0.266 e. The van der Waals surface area contributed by atoms with Crippen LogP contribution in [0.1, 0.15) is 18.9 Å². The fourth-order valence-electron chi connectivity index (χ4n) is 2.41. The Hall–Kier alpha value is -2.87. The zero-order valence-corrected chi connectivity index (χ0v) is 18.7. The number of halogens is 1. The van der Waals surface area contributed by atoms with Crippen molar-refractivity contribution in [3.8, 4) is 17.6 Å². The normalized spacial score (nSPS) is 11.5. The van der Waals surface area contributed by atoms with Gasteiger partial charge in [0.1, 0.15) is 11.6 Å². The number of rotatable bonds is 8. The number of anilines is 1. The summed E-state index contributed by atoms with van der Waals surface area (Å²) >= 11 is 3.42. The summed E-state index contributed by atoms with van der Waals surface area (Å²) < 4.78 is 34.2. The molecule has 30 heavy (non-hydrogen) atoms. The van der Waals surface area contributed by atoms with Gasteiger partial charge in [-0.1, -0.05) is 6.92 Å². The zero-order chi connectivity index (χ0) is 22.3. The molecule has 0 saturated heterocycles. The van der Waals surface area contributed by atoms with Gasteiger partial charge in [0.15, 0.2) is 11.5 Å². The van der Waals surface area contributed by atoms with Crippen molar-refractivity contribution >= 4 is 43.6 Å². The van der Waals surface area contributed by atoms with Crippen LogP contribution in [0, 0.1) is 11.3 Å². The number of ether oxygens (including phenoxy) is 2. The molecule has 0 spiro atoms. The zero-order valence-electron chi connectivity index (χ0n) is 16.3. The second-order valence-corrected chi connectivity index (χ2v) is 8.49. The molecular weight excluding hydrogens is 474 g/mol. The molecule has 10 heteroatoms. The summed E-state index contributed by atoms with van der Waals surface area (Å²) in [5.74, 6) is 0.344. The Labute approximate surface area is 183 Å². The first-order valence-corrected chi connectivity index (χ1v) is 11.1. The molecule has 0 fully saturated rings. The third-order valence-corrected chi connectivity index (χ3v) is 5.34. The number of hydrogen-bond donors (Lipinski definition) is 2.